The molecule has 6 heteroatoms. The Morgan fingerprint density at radius 3 is 2.69 bits per heavy atom. The van der Waals surface area contributed by atoms with Crippen molar-refractivity contribution in [2.45, 2.75) is 19.8 Å². The summed E-state index contributed by atoms with van der Waals surface area (Å²) in [6.45, 7) is 3.14. The maximum absolute atomic E-state index is 11.7. The lowest BCUT2D eigenvalue weighted by atomic mass is 10.3. The van der Waals surface area contributed by atoms with Crippen LogP contribution in [0.4, 0.5) is 3.89 Å². The normalized spacial score (nSPS) is 12.2. The fourth-order valence-electron chi connectivity index (χ4n) is 0.621. The van der Waals surface area contributed by atoms with Crippen molar-refractivity contribution in [3.63, 3.8) is 0 Å². The number of rotatable bonds is 7. The Labute approximate surface area is 77.8 Å². The van der Waals surface area contributed by atoms with Crippen LogP contribution in [-0.2, 0) is 19.4 Å². The third kappa shape index (κ3) is 11.4. The summed E-state index contributed by atoms with van der Waals surface area (Å²) in [6, 6.07) is 0. The standard InChI is InChI=1S/C7H13FO4S/c1-2-11-6-4-3-5-7-12-13(8,9)10/h5,7H,2-4,6H2,1H3. The molecule has 0 aliphatic heterocycles. The van der Waals surface area contributed by atoms with Gasteiger partial charge in [-0.25, -0.2) is 0 Å². The molecule has 0 spiro atoms. The average Bonchev–Trinajstić information content (AvgIpc) is 2.01. The van der Waals surface area contributed by atoms with Crippen LogP contribution in [0.25, 0.3) is 0 Å². The van der Waals surface area contributed by atoms with E-state index in [4.69, 9.17) is 4.74 Å². The Balaban J connectivity index is 3.33. The van der Waals surface area contributed by atoms with Crippen molar-refractivity contribution < 1.29 is 21.2 Å². The molecule has 0 unspecified atom stereocenters. The Hall–Kier alpha value is -0.620. The molecule has 78 valence electrons. The molecule has 0 bridgehead atoms. The zero-order valence-corrected chi connectivity index (χ0v) is 8.22. The Morgan fingerprint density at radius 1 is 1.46 bits per heavy atom. The highest BCUT2D eigenvalue weighted by molar-refractivity contribution is 7.81. The second-order valence-electron chi connectivity index (χ2n) is 2.20. The summed E-state index contributed by atoms with van der Waals surface area (Å²) in [5.74, 6) is 0. The van der Waals surface area contributed by atoms with E-state index < -0.39 is 10.5 Å². The molecule has 0 saturated carbocycles. The van der Waals surface area contributed by atoms with Crippen molar-refractivity contribution in [1.82, 2.24) is 0 Å². The van der Waals surface area contributed by atoms with E-state index in [9.17, 15) is 12.3 Å². The van der Waals surface area contributed by atoms with Gasteiger partial charge in [0.2, 0.25) is 0 Å². The van der Waals surface area contributed by atoms with E-state index in [0.29, 0.717) is 19.6 Å². The molecule has 0 N–H and O–H groups in total. The van der Waals surface area contributed by atoms with Gasteiger partial charge in [-0.1, -0.05) is 3.89 Å². The van der Waals surface area contributed by atoms with Crippen LogP contribution in [0.1, 0.15) is 19.8 Å². The SMILES string of the molecule is CCOCCCC=COS(=O)(=O)F. The van der Waals surface area contributed by atoms with Crippen LogP contribution in [0.2, 0.25) is 0 Å². The zero-order chi connectivity index (χ0) is 10.2. The van der Waals surface area contributed by atoms with Crippen LogP contribution < -0.4 is 0 Å². The van der Waals surface area contributed by atoms with Crippen LogP contribution in [0.15, 0.2) is 12.3 Å². The van der Waals surface area contributed by atoms with Crippen LogP contribution in [0, 0.1) is 0 Å². The van der Waals surface area contributed by atoms with Crippen LogP contribution in [-0.4, -0.2) is 21.6 Å². The molecule has 0 radical (unpaired) electrons. The predicted octanol–water partition coefficient (Wildman–Crippen LogP) is 1.55. The maximum atomic E-state index is 11.7. The number of allylic oxidation sites excluding steroid dienone is 1. The summed E-state index contributed by atoms with van der Waals surface area (Å²) in [5, 5.41) is 0. The van der Waals surface area contributed by atoms with E-state index in [2.05, 4.69) is 4.18 Å². The van der Waals surface area contributed by atoms with Crippen LogP contribution in [0.3, 0.4) is 0 Å². The van der Waals surface area contributed by atoms with Gasteiger partial charge in [-0.3, -0.25) is 0 Å². The fraction of sp³-hybridized carbons (Fsp3) is 0.714. The van der Waals surface area contributed by atoms with Crippen molar-refractivity contribution in [2.24, 2.45) is 0 Å². The van der Waals surface area contributed by atoms with E-state index in [-0.39, 0.29) is 0 Å². The molecular formula is C7H13FO4S. The predicted molar refractivity (Wildman–Crippen MR) is 46.0 cm³/mol. The first-order valence-electron chi connectivity index (χ1n) is 3.92. The molecule has 0 heterocycles. The molecule has 0 amide bonds. The number of unbranched alkanes of at least 4 members (excludes halogenated alkanes) is 1. The highest BCUT2D eigenvalue weighted by Gasteiger charge is 2.02. The number of halogens is 1. The molecule has 0 atom stereocenters. The lowest BCUT2D eigenvalue weighted by Crippen LogP contribution is -1.92. The van der Waals surface area contributed by atoms with E-state index >= 15 is 0 Å². The first kappa shape index (κ1) is 12.4. The monoisotopic (exact) mass is 212 g/mol. The summed E-state index contributed by atoms with van der Waals surface area (Å²) < 4.78 is 40.0. The van der Waals surface area contributed by atoms with E-state index in [1.165, 1.54) is 6.08 Å². The highest BCUT2D eigenvalue weighted by Crippen LogP contribution is 1.97. The lowest BCUT2D eigenvalue weighted by Gasteiger charge is -1.96. The van der Waals surface area contributed by atoms with Crippen molar-refractivity contribution in [3.05, 3.63) is 12.3 Å². The minimum absolute atomic E-state index is 0.593. The van der Waals surface area contributed by atoms with Gasteiger partial charge in [-0.15, -0.1) is 0 Å². The van der Waals surface area contributed by atoms with Gasteiger partial charge < -0.3 is 8.92 Å². The minimum atomic E-state index is -4.84. The minimum Gasteiger partial charge on any atom is -0.382 e. The summed E-state index contributed by atoms with van der Waals surface area (Å²) in [4.78, 5) is 0. The van der Waals surface area contributed by atoms with Gasteiger partial charge >= 0.3 is 10.5 Å². The molecule has 0 aliphatic carbocycles. The number of ether oxygens (including phenoxy) is 1. The van der Waals surface area contributed by atoms with Crippen LogP contribution >= 0.6 is 0 Å². The molecule has 0 saturated heterocycles. The Morgan fingerprint density at radius 2 is 2.15 bits per heavy atom. The number of hydrogen-bond acceptors (Lipinski definition) is 4. The van der Waals surface area contributed by atoms with Gasteiger partial charge in [0.05, 0.1) is 0 Å². The highest BCUT2D eigenvalue weighted by atomic mass is 32.3. The quantitative estimate of drug-likeness (QED) is 0.365. The molecule has 0 fully saturated rings. The van der Waals surface area contributed by atoms with Gasteiger partial charge in [0, 0.05) is 13.2 Å². The first-order chi connectivity index (χ1) is 6.06. The second kappa shape index (κ2) is 6.85. The molecule has 0 rings (SSSR count). The summed E-state index contributed by atoms with van der Waals surface area (Å²) >= 11 is 0. The smallest absolute Gasteiger partial charge is 0.382 e. The van der Waals surface area contributed by atoms with Crippen molar-refractivity contribution >= 4 is 10.5 Å². The molecule has 13 heavy (non-hydrogen) atoms. The van der Waals surface area contributed by atoms with Gasteiger partial charge in [0.1, 0.15) is 6.26 Å². The second-order valence-corrected chi connectivity index (χ2v) is 3.18. The van der Waals surface area contributed by atoms with Gasteiger partial charge in [0.25, 0.3) is 0 Å². The van der Waals surface area contributed by atoms with Crippen molar-refractivity contribution in [3.8, 4) is 0 Å². The van der Waals surface area contributed by atoms with Crippen molar-refractivity contribution in [1.29, 1.82) is 0 Å². The Bertz CT molecular complexity index is 235. The maximum Gasteiger partial charge on any atom is 0.488 e. The third-order valence-corrected chi connectivity index (χ3v) is 1.47. The molecule has 0 aromatic carbocycles. The molecular weight excluding hydrogens is 199 g/mol. The van der Waals surface area contributed by atoms with Crippen molar-refractivity contribution in [2.75, 3.05) is 13.2 Å². The van der Waals surface area contributed by atoms with Crippen LogP contribution in [0.5, 0.6) is 0 Å². The zero-order valence-electron chi connectivity index (χ0n) is 7.40. The lowest BCUT2D eigenvalue weighted by molar-refractivity contribution is 0.145. The third-order valence-electron chi connectivity index (χ3n) is 1.13. The largest absolute Gasteiger partial charge is 0.488 e. The van der Waals surface area contributed by atoms with Gasteiger partial charge in [-0.2, -0.15) is 8.42 Å². The van der Waals surface area contributed by atoms with Gasteiger partial charge in [-0.05, 0) is 25.8 Å². The topological polar surface area (TPSA) is 52.6 Å². The molecule has 0 aliphatic rings. The summed E-state index contributed by atoms with van der Waals surface area (Å²) in [6.07, 6.45) is 3.59. The molecule has 0 aromatic heterocycles. The number of hydrogen-bond donors (Lipinski definition) is 0. The van der Waals surface area contributed by atoms with Gasteiger partial charge in [0.15, 0.2) is 0 Å². The first-order valence-corrected chi connectivity index (χ1v) is 5.22. The van der Waals surface area contributed by atoms with E-state index in [1.54, 1.807) is 0 Å². The van der Waals surface area contributed by atoms with E-state index in [0.717, 1.165) is 12.7 Å². The average molecular weight is 212 g/mol. The molecule has 4 nitrogen and oxygen atoms in total. The summed E-state index contributed by atoms with van der Waals surface area (Å²) in [7, 11) is -4.84. The van der Waals surface area contributed by atoms with E-state index in [1.807, 2.05) is 6.92 Å². The summed E-state index contributed by atoms with van der Waals surface area (Å²) in [5.41, 5.74) is 0. The molecule has 0 aromatic rings. The fourth-order valence-corrected chi connectivity index (χ4v) is 0.833. The Kier molecular flexibility index (Phi) is 6.52.